The fourth-order valence-electron chi connectivity index (χ4n) is 5.27. The summed E-state index contributed by atoms with van der Waals surface area (Å²) in [5.41, 5.74) is 4.18. The van der Waals surface area contributed by atoms with E-state index in [9.17, 15) is 0 Å². The number of aryl methyl sites for hydroxylation is 1. The largest absolute Gasteiger partial charge is 0.456 e. The summed E-state index contributed by atoms with van der Waals surface area (Å²) in [5.74, 6) is 2.48. The van der Waals surface area contributed by atoms with Crippen LogP contribution in [0.4, 0.5) is 17.5 Å². The van der Waals surface area contributed by atoms with Crippen LogP contribution in [-0.2, 0) is 11.8 Å². The van der Waals surface area contributed by atoms with E-state index in [-0.39, 0.29) is 5.41 Å². The van der Waals surface area contributed by atoms with E-state index in [1.807, 2.05) is 41.9 Å². The van der Waals surface area contributed by atoms with Crippen molar-refractivity contribution in [2.45, 2.75) is 12.8 Å². The summed E-state index contributed by atoms with van der Waals surface area (Å²) in [5, 5.41) is 3.80. The zero-order valence-electron chi connectivity index (χ0n) is 20.8. The third-order valence-corrected chi connectivity index (χ3v) is 7.69. The van der Waals surface area contributed by atoms with Crippen LogP contribution >= 0.6 is 11.6 Å². The first-order valence-corrected chi connectivity index (χ1v) is 12.9. The molecular weight excluding hydrogens is 504 g/mol. The summed E-state index contributed by atoms with van der Waals surface area (Å²) in [6.07, 6.45) is 7.21. The molecular formula is C27H25ClN8O2. The Morgan fingerprint density at radius 1 is 1.05 bits per heavy atom. The van der Waals surface area contributed by atoms with E-state index < -0.39 is 0 Å². The molecule has 2 saturated heterocycles. The number of ether oxygens (including phenoxy) is 2. The predicted molar refractivity (Wildman–Crippen MR) is 145 cm³/mol. The molecule has 1 spiro atoms. The summed E-state index contributed by atoms with van der Waals surface area (Å²) >= 11 is 6.60. The number of fused-ring (bicyclic) bond motifs is 2. The first-order chi connectivity index (χ1) is 18.6. The number of benzene rings is 2. The molecule has 0 amide bonds. The first kappa shape index (κ1) is 23.1. The van der Waals surface area contributed by atoms with Crippen molar-refractivity contribution in [1.82, 2.24) is 29.5 Å². The number of halogens is 1. The van der Waals surface area contributed by atoms with Crippen molar-refractivity contribution in [3.8, 4) is 11.5 Å². The molecule has 1 atom stereocenters. The highest BCUT2D eigenvalue weighted by molar-refractivity contribution is 6.32. The van der Waals surface area contributed by atoms with Gasteiger partial charge in [-0.2, -0.15) is 0 Å². The molecule has 2 fully saturated rings. The normalized spacial score (nSPS) is 19.2. The van der Waals surface area contributed by atoms with Crippen LogP contribution in [0.15, 0.2) is 55.2 Å². The van der Waals surface area contributed by atoms with Gasteiger partial charge in [0.15, 0.2) is 5.82 Å². The highest BCUT2D eigenvalue weighted by Crippen LogP contribution is 2.39. The summed E-state index contributed by atoms with van der Waals surface area (Å²) in [7, 11) is 1.96. The highest BCUT2D eigenvalue weighted by Gasteiger charge is 2.42. The lowest BCUT2D eigenvalue weighted by atomic mass is 9.87. The second-order valence-electron chi connectivity index (χ2n) is 9.98. The number of anilines is 3. The van der Waals surface area contributed by atoms with Gasteiger partial charge in [0.25, 0.3) is 0 Å². The average Bonchev–Trinajstić information content (AvgIpc) is 3.67. The number of hydrogen-bond acceptors (Lipinski definition) is 9. The molecule has 5 aromatic rings. The number of imidazole rings is 1. The first-order valence-electron chi connectivity index (χ1n) is 12.5. The molecule has 7 rings (SSSR count). The van der Waals surface area contributed by atoms with Crippen LogP contribution < -0.4 is 15.0 Å². The summed E-state index contributed by atoms with van der Waals surface area (Å²) in [6.45, 7) is 3.46. The molecule has 0 saturated carbocycles. The summed E-state index contributed by atoms with van der Waals surface area (Å²) in [6, 6.07) is 11.3. The Kier molecular flexibility index (Phi) is 5.52. The molecule has 3 aromatic heterocycles. The quantitative estimate of drug-likeness (QED) is 0.333. The second-order valence-corrected chi connectivity index (χ2v) is 10.4. The Balaban J connectivity index is 1.12. The van der Waals surface area contributed by atoms with Gasteiger partial charge in [-0.3, -0.25) is 0 Å². The number of aromatic nitrogens is 6. The molecule has 38 heavy (non-hydrogen) atoms. The van der Waals surface area contributed by atoms with E-state index in [0.717, 1.165) is 55.9 Å². The Morgan fingerprint density at radius 3 is 2.87 bits per heavy atom. The van der Waals surface area contributed by atoms with Crippen molar-refractivity contribution in [2.75, 3.05) is 36.5 Å². The van der Waals surface area contributed by atoms with Gasteiger partial charge in [-0.15, -0.1) is 0 Å². The van der Waals surface area contributed by atoms with Gasteiger partial charge in [0, 0.05) is 43.9 Å². The molecule has 1 unspecified atom stereocenters. The number of hydrogen-bond donors (Lipinski definition) is 1. The molecule has 192 valence electrons. The Hall–Kier alpha value is -4.02. The lowest BCUT2D eigenvalue weighted by Gasteiger charge is -2.22. The van der Waals surface area contributed by atoms with Crippen molar-refractivity contribution >= 4 is 51.1 Å². The number of nitrogens with one attached hydrogen (secondary N) is 1. The van der Waals surface area contributed by atoms with Crippen LogP contribution in [0.2, 0.25) is 5.02 Å². The van der Waals surface area contributed by atoms with Crippen molar-refractivity contribution in [2.24, 2.45) is 12.5 Å². The number of nitrogens with zero attached hydrogens (tertiary/aromatic N) is 7. The van der Waals surface area contributed by atoms with Crippen LogP contribution in [0.3, 0.4) is 0 Å². The van der Waals surface area contributed by atoms with Crippen LogP contribution in [0.25, 0.3) is 22.1 Å². The van der Waals surface area contributed by atoms with E-state index in [1.54, 1.807) is 18.6 Å². The minimum Gasteiger partial charge on any atom is -0.456 e. The van der Waals surface area contributed by atoms with Gasteiger partial charge in [-0.05, 0) is 43.2 Å². The van der Waals surface area contributed by atoms with E-state index in [0.29, 0.717) is 39.3 Å². The molecule has 10 nitrogen and oxygen atoms in total. The average molecular weight is 529 g/mol. The highest BCUT2D eigenvalue weighted by atomic mass is 35.5. The summed E-state index contributed by atoms with van der Waals surface area (Å²) < 4.78 is 13.7. The number of rotatable bonds is 5. The van der Waals surface area contributed by atoms with E-state index >= 15 is 0 Å². The fraction of sp³-hybridized carbons (Fsp3) is 0.296. The minimum absolute atomic E-state index is 0.219. The van der Waals surface area contributed by atoms with Crippen molar-refractivity contribution in [3.05, 3.63) is 60.3 Å². The molecule has 0 aliphatic carbocycles. The zero-order valence-corrected chi connectivity index (χ0v) is 21.5. The molecule has 2 aliphatic heterocycles. The molecule has 2 aliphatic rings. The predicted octanol–water partition coefficient (Wildman–Crippen LogP) is 5.11. The van der Waals surface area contributed by atoms with Gasteiger partial charge in [0.2, 0.25) is 5.95 Å². The summed E-state index contributed by atoms with van der Waals surface area (Å²) in [4.78, 5) is 24.9. The van der Waals surface area contributed by atoms with E-state index in [2.05, 4.69) is 30.2 Å². The van der Waals surface area contributed by atoms with Crippen molar-refractivity contribution in [1.29, 1.82) is 0 Å². The van der Waals surface area contributed by atoms with E-state index in [4.69, 9.17) is 26.1 Å². The monoisotopic (exact) mass is 528 g/mol. The second kappa shape index (κ2) is 9.07. The Labute approximate surface area is 223 Å². The Morgan fingerprint density at radius 2 is 2.00 bits per heavy atom. The third-order valence-electron chi connectivity index (χ3n) is 7.39. The molecule has 0 radical (unpaired) electrons. The van der Waals surface area contributed by atoms with Gasteiger partial charge < -0.3 is 24.3 Å². The molecule has 5 heterocycles. The standard InChI is InChI=1S/C27H25ClN8O2/c1-35-16-32-20-11-18(3-4-22(20)35)38-23-5-2-17(10-19(23)28)33-25-24-21(30-15-31-25)12-29-26(34-24)36-8-6-27(13-36)7-9-37-14-27/h2-5,10-12,15-16H,6-9,13-14H2,1H3,(H,30,31,33). The van der Waals surface area contributed by atoms with Gasteiger partial charge in [-0.1, -0.05) is 11.6 Å². The van der Waals surface area contributed by atoms with Gasteiger partial charge >= 0.3 is 0 Å². The minimum atomic E-state index is 0.219. The SMILES string of the molecule is Cn1cnc2cc(Oc3ccc(Nc4ncnc5cnc(N6CCC7(CCOC7)C6)nc45)cc3Cl)ccc21. The molecule has 1 N–H and O–H groups in total. The van der Waals surface area contributed by atoms with E-state index in [1.165, 1.54) is 6.33 Å². The van der Waals surface area contributed by atoms with Crippen LogP contribution in [-0.4, -0.2) is 55.8 Å². The molecule has 2 aromatic carbocycles. The lowest BCUT2D eigenvalue weighted by Crippen LogP contribution is -2.28. The van der Waals surface area contributed by atoms with Gasteiger partial charge in [-0.25, -0.2) is 24.9 Å². The van der Waals surface area contributed by atoms with Crippen LogP contribution in [0.5, 0.6) is 11.5 Å². The lowest BCUT2D eigenvalue weighted by molar-refractivity contribution is 0.160. The maximum absolute atomic E-state index is 6.60. The molecule has 11 heteroatoms. The maximum atomic E-state index is 6.60. The molecule has 0 bridgehead atoms. The zero-order chi connectivity index (χ0) is 25.7. The maximum Gasteiger partial charge on any atom is 0.226 e. The van der Waals surface area contributed by atoms with Gasteiger partial charge in [0.05, 0.1) is 35.2 Å². The van der Waals surface area contributed by atoms with Gasteiger partial charge in [0.1, 0.15) is 28.9 Å². The van der Waals surface area contributed by atoms with Crippen molar-refractivity contribution in [3.63, 3.8) is 0 Å². The Bertz CT molecular complexity index is 1670. The third kappa shape index (κ3) is 4.15. The smallest absolute Gasteiger partial charge is 0.226 e. The van der Waals surface area contributed by atoms with Crippen molar-refractivity contribution < 1.29 is 9.47 Å². The fourth-order valence-corrected chi connectivity index (χ4v) is 5.49. The topological polar surface area (TPSA) is 103 Å². The van der Waals surface area contributed by atoms with Crippen LogP contribution in [0.1, 0.15) is 12.8 Å². The van der Waals surface area contributed by atoms with Crippen LogP contribution in [0, 0.1) is 5.41 Å².